The fourth-order valence-corrected chi connectivity index (χ4v) is 3.31. The third-order valence-electron chi connectivity index (χ3n) is 3.34. The summed E-state index contributed by atoms with van der Waals surface area (Å²) < 4.78 is 64.0. The van der Waals surface area contributed by atoms with E-state index < -0.39 is 37.3 Å². The van der Waals surface area contributed by atoms with Crippen LogP contribution in [0.4, 0.5) is 18.9 Å². The van der Waals surface area contributed by atoms with Crippen LogP contribution in [-0.4, -0.2) is 19.9 Å². The van der Waals surface area contributed by atoms with Gasteiger partial charge < -0.3 is 0 Å². The zero-order valence-corrected chi connectivity index (χ0v) is 13.5. The number of nitro groups is 1. The minimum Gasteiger partial charge on any atom is -0.258 e. The Morgan fingerprint density at radius 3 is 2.20 bits per heavy atom. The van der Waals surface area contributed by atoms with Gasteiger partial charge in [0.2, 0.25) is 10.0 Å². The molecule has 0 spiro atoms. The number of benzene rings is 2. The molecule has 0 radical (unpaired) electrons. The van der Waals surface area contributed by atoms with Gasteiger partial charge in [0.05, 0.1) is 10.5 Å². The first kappa shape index (κ1) is 18.9. The fourth-order valence-electron chi connectivity index (χ4n) is 2.10. The quantitative estimate of drug-likeness (QED) is 0.621. The lowest BCUT2D eigenvalue weighted by Crippen LogP contribution is -2.26. The van der Waals surface area contributed by atoms with Crippen LogP contribution in [0.3, 0.4) is 0 Å². The number of hydrogen-bond acceptors (Lipinski definition) is 4. The Morgan fingerprint density at radius 1 is 1.04 bits per heavy atom. The van der Waals surface area contributed by atoms with Crippen molar-refractivity contribution in [3.05, 3.63) is 69.8 Å². The number of nitrogens with one attached hydrogen (secondary N) is 1. The van der Waals surface area contributed by atoms with Crippen LogP contribution >= 0.6 is 0 Å². The molecule has 2 aromatic rings. The van der Waals surface area contributed by atoms with Crippen LogP contribution in [0.15, 0.2) is 53.4 Å². The van der Waals surface area contributed by atoms with Crippen LogP contribution in [0.2, 0.25) is 0 Å². The van der Waals surface area contributed by atoms with E-state index in [-0.39, 0.29) is 13.0 Å². The second kappa shape index (κ2) is 7.19. The van der Waals surface area contributed by atoms with E-state index in [2.05, 4.69) is 4.72 Å². The lowest BCUT2D eigenvalue weighted by Gasteiger charge is -2.09. The Kier molecular flexibility index (Phi) is 5.43. The van der Waals surface area contributed by atoms with Gasteiger partial charge in [-0.2, -0.15) is 13.2 Å². The molecule has 1 N–H and O–H groups in total. The number of halogens is 3. The van der Waals surface area contributed by atoms with Crippen LogP contribution in [0.1, 0.15) is 11.1 Å². The monoisotopic (exact) mass is 374 g/mol. The molecule has 0 unspecified atom stereocenters. The highest BCUT2D eigenvalue weighted by Crippen LogP contribution is 2.29. The lowest BCUT2D eigenvalue weighted by molar-refractivity contribution is -0.387. The standard InChI is InChI=1S/C15H13F3N2O4S/c16-15(17,18)12-7-5-11(6-8-12)9-10-19-25(23,24)14-4-2-1-3-13(14)20(21)22/h1-8,19H,9-10H2. The largest absolute Gasteiger partial charge is 0.416 e. The van der Waals surface area contributed by atoms with Crippen molar-refractivity contribution in [1.29, 1.82) is 0 Å². The van der Waals surface area contributed by atoms with Gasteiger partial charge in [-0.05, 0) is 30.2 Å². The maximum absolute atomic E-state index is 12.5. The summed E-state index contributed by atoms with van der Waals surface area (Å²) in [6.45, 7) is -0.111. The van der Waals surface area contributed by atoms with E-state index in [1.807, 2.05) is 0 Å². The molecule has 134 valence electrons. The zero-order valence-electron chi connectivity index (χ0n) is 12.7. The minimum absolute atomic E-state index is 0.111. The third kappa shape index (κ3) is 4.77. The van der Waals surface area contributed by atoms with E-state index in [1.54, 1.807) is 0 Å². The van der Waals surface area contributed by atoms with Crippen molar-refractivity contribution in [1.82, 2.24) is 4.72 Å². The molecule has 2 rings (SSSR count). The normalized spacial score (nSPS) is 12.1. The summed E-state index contributed by atoms with van der Waals surface area (Å²) in [5, 5.41) is 10.9. The Hall–Kier alpha value is -2.46. The summed E-state index contributed by atoms with van der Waals surface area (Å²) in [5.41, 5.74) is -0.848. The average molecular weight is 374 g/mol. The van der Waals surface area contributed by atoms with Gasteiger partial charge in [-0.3, -0.25) is 10.1 Å². The Bertz CT molecular complexity index is 865. The molecule has 0 aromatic heterocycles. The predicted molar refractivity (Wildman–Crippen MR) is 83.4 cm³/mol. The average Bonchev–Trinajstić information content (AvgIpc) is 2.54. The van der Waals surface area contributed by atoms with Gasteiger partial charge in [-0.1, -0.05) is 24.3 Å². The number of para-hydroxylation sites is 1. The van der Waals surface area contributed by atoms with Gasteiger partial charge in [0.1, 0.15) is 0 Å². The van der Waals surface area contributed by atoms with Crippen molar-refractivity contribution in [2.45, 2.75) is 17.5 Å². The van der Waals surface area contributed by atoms with Crippen LogP contribution in [-0.2, 0) is 22.6 Å². The van der Waals surface area contributed by atoms with E-state index >= 15 is 0 Å². The molecular weight excluding hydrogens is 361 g/mol. The Balaban J connectivity index is 2.05. The maximum Gasteiger partial charge on any atom is 0.416 e. The second-order valence-corrected chi connectivity index (χ2v) is 6.80. The summed E-state index contributed by atoms with van der Waals surface area (Å²) in [6, 6.07) is 9.21. The van der Waals surface area contributed by atoms with Crippen molar-refractivity contribution >= 4 is 15.7 Å². The summed E-state index contributed by atoms with van der Waals surface area (Å²) in [7, 11) is -4.11. The number of nitrogens with zero attached hydrogens (tertiary/aromatic N) is 1. The predicted octanol–water partition coefficient (Wildman–Crippen LogP) is 3.13. The summed E-state index contributed by atoms with van der Waals surface area (Å²) in [5.74, 6) is 0. The van der Waals surface area contributed by atoms with Gasteiger partial charge in [-0.25, -0.2) is 13.1 Å². The molecule has 0 amide bonds. The first-order chi connectivity index (χ1) is 11.6. The first-order valence-electron chi connectivity index (χ1n) is 7.00. The second-order valence-electron chi connectivity index (χ2n) is 5.07. The third-order valence-corrected chi connectivity index (χ3v) is 4.85. The smallest absolute Gasteiger partial charge is 0.258 e. The molecule has 0 heterocycles. The number of alkyl halides is 3. The highest BCUT2D eigenvalue weighted by atomic mass is 32.2. The Labute approximate surface area is 141 Å². The van der Waals surface area contributed by atoms with Gasteiger partial charge in [-0.15, -0.1) is 0 Å². The van der Waals surface area contributed by atoms with Crippen molar-refractivity contribution in [2.24, 2.45) is 0 Å². The molecule has 0 aliphatic carbocycles. The molecule has 2 aromatic carbocycles. The first-order valence-corrected chi connectivity index (χ1v) is 8.49. The SMILES string of the molecule is O=[N+]([O-])c1ccccc1S(=O)(=O)NCCc1ccc(C(F)(F)F)cc1. The molecule has 0 bridgehead atoms. The van der Waals surface area contributed by atoms with Gasteiger partial charge >= 0.3 is 6.18 Å². The number of hydrogen-bond donors (Lipinski definition) is 1. The van der Waals surface area contributed by atoms with Crippen molar-refractivity contribution < 1.29 is 26.5 Å². The molecule has 6 nitrogen and oxygen atoms in total. The zero-order chi connectivity index (χ0) is 18.7. The van der Waals surface area contributed by atoms with E-state index in [1.165, 1.54) is 24.3 Å². The summed E-state index contributed by atoms with van der Waals surface area (Å²) in [6.07, 6.45) is -4.30. The van der Waals surface area contributed by atoms with E-state index in [0.717, 1.165) is 24.3 Å². The molecule has 10 heteroatoms. The van der Waals surface area contributed by atoms with Crippen LogP contribution < -0.4 is 4.72 Å². The van der Waals surface area contributed by atoms with Crippen molar-refractivity contribution in [3.8, 4) is 0 Å². The Morgan fingerprint density at radius 2 is 1.64 bits per heavy atom. The van der Waals surface area contributed by atoms with Crippen molar-refractivity contribution in [3.63, 3.8) is 0 Å². The molecular formula is C15H13F3N2O4S. The molecule has 25 heavy (non-hydrogen) atoms. The van der Waals surface area contributed by atoms with Crippen molar-refractivity contribution in [2.75, 3.05) is 6.54 Å². The van der Waals surface area contributed by atoms with Crippen LogP contribution in [0.5, 0.6) is 0 Å². The number of rotatable bonds is 6. The topological polar surface area (TPSA) is 89.3 Å². The van der Waals surface area contributed by atoms with Crippen LogP contribution in [0.25, 0.3) is 0 Å². The number of sulfonamides is 1. The number of nitro benzene ring substituents is 1. The lowest BCUT2D eigenvalue weighted by atomic mass is 10.1. The summed E-state index contributed by atoms with van der Waals surface area (Å²) >= 11 is 0. The maximum atomic E-state index is 12.5. The highest BCUT2D eigenvalue weighted by molar-refractivity contribution is 7.89. The molecule has 0 fully saturated rings. The van der Waals surface area contributed by atoms with Gasteiger partial charge in [0.25, 0.3) is 5.69 Å². The van der Waals surface area contributed by atoms with Gasteiger partial charge in [0.15, 0.2) is 4.90 Å². The fraction of sp³-hybridized carbons (Fsp3) is 0.200. The molecule has 0 aliphatic rings. The molecule has 0 saturated carbocycles. The summed E-state index contributed by atoms with van der Waals surface area (Å²) in [4.78, 5) is 9.63. The van der Waals surface area contributed by atoms with E-state index in [4.69, 9.17) is 0 Å². The van der Waals surface area contributed by atoms with E-state index in [9.17, 15) is 31.7 Å². The van der Waals surface area contributed by atoms with E-state index in [0.29, 0.717) is 5.56 Å². The molecule has 0 aliphatic heterocycles. The highest BCUT2D eigenvalue weighted by Gasteiger charge is 2.30. The van der Waals surface area contributed by atoms with Gasteiger partial charge in [0, 0.05) is 12.6 Å². The minimum atomic E-state index is -4.44. The van der Waals surface area contributed by atoms with Crippen LogP contribution in [0, 0.1) is 10.1 Å². The molecule has 0 atom stereocenters. The molecule has 0 saturated heterocycles.